The maximum absolute atomic E-state index is 14.2. The van der Waals surface area contributed by atoms with Crippen molar-refractivity contribution in [3.63, 3.8) is 0 Å². The van der Waals surface area contributed by atoms with E-state index in [1.54, 1.807) is 56.3 Å². The van der Waals surface area contributed by atoms with Gasteiger partial charge in [-0.3, -0.25) is 0 Å². The second-order valence-corrected chi connectivity index (χ2v) is 10.1. The van der Waals surface area contributed by atoms with Gasteiger partial charge in [0.05, 0.1) is 22.5 Å². The highest BCUT2D eigenvalue weighted by Gasteiger charge is 2.34. The van der Waals surface area contributed by atoms with Gasteiger partial charge in [0.25, 0.3) is 11.8 Å². The Hall–Kier alpha value is -5.45. The van der Waals surface area contributed by atoms with E-state index in [0.717, 1.165) is 6.07 Å². The van der Waals surface area contributed by atoms with E-state index in [2.05, 4.69) is 9.97 Å². The molecule has 0 spiro atoms. The Morgan fingerprint density at radius 2 is 0.953 bits per heavy atom. The highest BCUT2D eigenvalue weighted by atomic mass is 19.4. The summed E-state index contributed by atoms with van der Waals surface area (Å²) >= 11 is 0. The SMILES string of the molecule is Cc1cc(C(F)(F)F)c2nc3c4nc(Oc5ccccc5)c(Oc5ccccc5)nc4c4nc(C)c(C)nc4c3nc2c1. The summed E-state index contributed by atoms with van der Waals surface area (Å²) in [5.74, 6) is 0.954. The molecule has 0 aliphatic carbocycles. The van der Waals surface area contributed by atoms with Gasteiger partial charge in [-0.05, 0) is 62.7 Å². The van der Waals surface area contributed by atoms with Crippen LogP contribution in [0.4, 0.5) is 13.2 Å². The molecule has 7 aromatic rings. The Balaban J connectivity index is 1.62. The lowest BCUT2D eigenvalue weighted by Crippen LogP contribution is -2.09. The van der Waals surface area contributed by atoms with Gasteiger partial charge in [-0.15, -0.1) is 0 Å². The maximum Gasteiger partial charge on any atom is 0.418 e. The average Bonchev–Trinajstić information content (AvgIpc) is 2.98. The largest absolute Gasteiger partial charge is 0.435 e. The fourth-order valence-electron chi connectivity index (χ4n) is 4.85. The van der Waals surface area contributed by atoms with Crippen molar-refractivity contribution in [2.24, 2.45) is 0 Å². The van der Waals surface area contributed by atoms with Gasteiger partial charge in [0.15, 0.2) is 0 Å². The number of hydrogen-bond acceptors (Lipinski definition) is 8. The summed E-state index contributed by atoms with van der Waals surface area (Å²) in [5.41, 5.74) is 1.98. The summed E-state index contributed by atoms with van der Waals surface area (Å²) in [6, 6.07) is 20.5. The molecule has 0 fully saturated rings. The molecule has 4 aromatic carbocycles. The van der Waals surface area contributed by atoms with Crippen LogP contribution in [0, 0.1) is 20.8 Å². The maximum atomic E-state index is 14.2. The molecule has 212 valence electrons. The van der Waals surface area contributed by atoms with Gasteiger partial charge in [0.2, 0.25) is 0 Å². The number of fused-ring (bicyclic) bond motifs is 7. The molecule has 0 bridgehead atoms. The number of ether oxygens (including phenoxy) is 2. The summed E-state index contributed by atoms with van der Waals surface area (Å²) in [6.07, 6.45) is -4.66. The third-order valence-electron chi connectivity index (χ3n) is 6.95. The molecule has 0 unspecified atom stereocenters. The first-order valence-corrected chi connectivity index (χ1v) is 13.3. The Bertz CT molecular complexity index is 2210. The van der Waals surface area contributed by atoms with Gasteiger partial charge < -0.3 is 9.47 Å². The number of aryl methyl sites for hydroxylation is 3. The molecule has 11 heteroatoms. The van der Waals surface area contributed by atoms with Crippen molar-refractivity contribution < 1.29 is 22.6 Å². The van der Waals surface area contributed by atoms with Crippen molar-refractivity contribution in [1.29, 1.82) is 0 Å². The minimum atomic E-state index is -4.66. The van der Waals surface area contributed by atoms with Crippen LogP contribution < -0.4 is 9.47 Å². The standard InChI is InChI=1S/C32H21F3N6O2/c1-16-14-21(32(33,34)35)23-22(15-16)38-26-24-25(37-18(3)17(2)36-24)28-29(27(26)39-23)41-31(43-20-12-8-5-9-13-20)30(40-28)42-19-10-6-4-7-11-19/h4-15H,1-3H3. The first kappa shape index (κ1) is 26.4. The third-order valence-corrected chi connectivity index (χ3v) is 6.95. The van der Waals surface area contributed by atoms with E-state index in [-0.39, 0.29) is 44.9 Å². The van der Waals surface area contributed by atoms with Gasteiger partial charge in [-0.25, -0.2) is 29.9 Å². The Morgan fingerprint density at radius 3 is 1.44 bits per heavy atom. The number of aromatic nitrogens is 6. The van der Waals surface area contributed by atoms with E-state index in [0.29, 0.717) is 39.5 Å². The second kappa shape index (κ2) is 9.83. The Labute approximate surface area is 242 Å². The van der Waals surface area contributed by atoms with Crippen molar-refractivity contribution >= 4 is 44.1 Å². The van der Waals surface area contributed by atoms with Gasteiger partial charge in [-0.1, -0.05) is 36.4 Å². The van der Waals surface area contributed by atoms with Crippen LogP contribution in [0.15, 0.2) is 72.8 Å². The fraction of sp³-hybridized carbons (Fsp3) is 0.125. The summed E-state index contributed by atoms with van der Waals surface area (Å²) in [7, 11) is 0. The molecule has 0 N–H and O–H groups in total. The monoisotopic (exact) mass is 578 g/mol. The van der Waals surface area contributed by atoms with Crippen molar-refractivity contribution in [3.8, 4) is 23.3 Å². The topological polar surface area (TPSA) is 95.8 Å². The number of para-hydroxylation sites is 2. The third kappa shape index (κ3) is 4.68. The van der Waals surface area contributed by atoms with Crippen LogP contribution >= 0.6 is 0 Å². The minimum absolute atomic E-state index is 0.0122. The van der Waals surface area contributed by atoms with Crippen molar-refractivity contribution in [1.82, 2.24) is 29.9 Å². The van der Waals surface area contributed by atoms with Gasteiger partial charge >= 0.3 is 6.18 Å². The molecule has 0 radical (unpaired) electrons. The molecule has 0 aliphatic heterocycles. The predicted octanol–water partition coefficient (Wildman–Crippen LogP) is 8.20. The van der Waals surface area contributed by atoms with Crippen LogP contribution in [-0.2, 0) is 6.18 Å². The van der Waals surface area contributed by atoms with Crippen LogP contribution in [0.2, 0.25) is 0 Å². The molecule has 0 amide bonds. The number of nitrogens with zero attached hydrogens (tertiary/aromatic N) is 6. The molecule has 3 aromatic heterocycles. The van der Waals surface area contributed by atoms with Crippen molar-refractivity contribution in [2.75, 3.05) is 0 Å². The quantitative estimate of drug-likeness (QED) is 0.152. The van der Waals surface area contributed by atoms with E-state index in [9.17, 15) is 13.2 Å². The normalized spacial score (nSPS) is 12.0. The number of halogens is 3. The molecular formula is C32H21F3N6O2. The Morgan fingerprint density at radius 1 is 0.512 bits per heavy atom. The van der Waals surface area contributed by atoms with Gasteiger partial charge in [-0.2, -0.15) is 13.2 Å². The molecule has 43 heavy (non-hydrogen) atoms. The average molecular weight is 579 g/mol. The number of alkyl halides is 3. The van der Waals surface area contributed by atoms with Gasteiger partial charge in [0, 0.05) is 0 Å². The Kier molecular flexibility index (Phi) is 6.05. The molecule has 0 saturated carbocycles. The van der Waals surface area contributed by atoms with Crippen LogP contribution in [0.25, 0.3) is 44.1 Å². The summed E-state index contributed by atoms with van der Waals surface area (Å²) in [5, 5.41) is 0. The van der Waals surface area contributed by atoms with E-state index < -0.39 is 11.7 Å². The second-order valence-electron chi connectivity index (χ2n) is 10.1. The zero-order valence-electron chi connectivity index (χ0n) is 23.1. The molecule has 0 atom stereocenters. The lowest BCUT2D eigenvalue weighted by Gasteiger charge is -2.15. The van der Waals surface area contributed by atoms with Gasteiger partial charge in [0.1, 0.15) is 50.1 Å². The molecule has 3 heterocycles. The van der Waals surface area contributed by atoms with Crippen LogP contribution in [0.5, 0.6) is 23.3 Å². The van der Waals surface area contributed by atoms with Crippen molar-refractivity contribution in [2.45, 2.75) is 26.9 Å². The molecular weight excluding hydrogens is 557 g/mol. The summed E-state index contributed by atoms with van der Waals surface area (Å²) in [6.45, 7) is 5.19. The highest BCUT2D eigenvalue weighted by Crippen LogP contribution is 2.40. The number of benzene rings is 4. The van der Waals surface area contributed by atoms with Crippen LogP contribution in [-0.4, -0.2) is 29.9 Å². The molecule has 8 nitrogen and oxygen atoms in total. The lowest BCUT2D eigenvalue weighted by molar-refractivity contribution is -0.136. The van der Waals surface area contributed by atoms with E-state index in [4.69, 9.17) is 29.4 Å². The smallest absolute Gasteiger partial charge is 0.418 e. The minimum Gasteiger partial charge on any atom is -0.435 e. The number of hydrogen-bond donors (Lipinski definition) is 0. The lowest BCUT2D eigenvalue weighted by atomic mass is 10.1. The zero-order chi connectivity index (χ0) is 29.9. The predicted molar refractivity (Wildman–Crippen MR) is 155 cm³/mol. The van der Waals surface area contributed by atoms with E-state index in [1.807, 2.05) is 31.2 Å². The summed E-state index contributed by atoms with van der Waals surface area (Å²) < 4.78 is 54.8. The highest BCUT2D eigenvalue weighted by molar-refractivity contribution is 6.19. The molecule has 0 aliphatic rings. The van der Waals surface area contributed by atoms with Crippen molar-refractivity contribution in [3.05, 3.63) is 95.3 Å². The van der Waals surface area contributed by atoms with E-state index >= 15 is 0 Å². The van der Waals surface area contributed by atoms with Crippen LogP contribution in [0.1, 0.15) is 22.5 Å². The first-order chi connectivity index (χ1) is 20.7. The fourth-order valence-corrected chi connectivity index (χ4v) is 4.85. The molecule has 0 saturated heterocycles. The summed E-state index contributed by atoms with van der Waals surface area (Å²) in [4.78, 5) is 28.2. The van der Waals surface area contributed by atoms with E-state index in [1.165, 1.54) is 0 Å². The number of rotatable bonds is 4. The zero-order valence-corrected chi connectivity index (χ0v) is 23.1. The molecule has 7 rings (SSSR count). The van der Waals surface area contributed by atoms with Crippen LogP contribution in [0.3, 0.4) is 0 Å². The first-order valence-electron chi connectivity index (χ1n) is 13.3.